The molecule has 2 N–H and O–H groups in total. The van der Waals surface area contributed by atoms with Crippen LogP contribution in [0.25, 0.3) is 11.4 Å². The molecular formula is C15H14ClN3O4. The molecule has 1 amide bonds. The summed E-state index contributed by atoms with van der Waals surface area (Å²) < 4.78 is 5.13. The fourth-order valence-corrected chi connectivity index (χ4v) is 2.38. The molecule has 23 heavy (non-hydrogen) atoms. The number of carbonyl (C=O) groups is 2. The van der Waals surface area contributed by atoms with Crippen LogP contribution in [0.4, 0.5) is 0 Å². The fraction of sp³-hybridized carbons (Fsp3) is 0.333. The molecule has 1 aliphatic carbocycles. The molecule has 1 saturated carbocycles. The van der Waals surface area contributed by atoms with Crippen LogP contribution in [0.15, 0.2) is 28.8 Å². The maximum absolute atomic E-state index is 11.7. The largest absolute Gasteiger partial charge is 0.481 e. The summed E-state index contributed by atoms with van der Waals surface area (Å²) >= 11 is 5.82. The number of rotatable bonds is 6. The quantitative estimate of drug-likeness (QED) is 0.833. The van der Waals surface area contributed by atoms with E-state index < -0.39 is 17.8 Å². The van der Waals surface area contributed by atoms with E-state index in [2.05, 4.69) is 15.5 Å². The van der Waals surface area contributed by atoms with Crippen molar-refractivity contribution in [1.29, 1.82) is 0 Å². The van der Waals surface area contributed by atoms with E-state index in [-0.39, 0.29) is 5.91 Å². The van der Waals surface area contributed by atoms with Gasteiger partial charge >= 0.3 is 5.97 Å². The van der Waals surface area contributed by atoms with Gasteiger partial charge in [-0.25, -0.2) is 0 Å². The van der Waals surface area contributed by atoms with Crippen molar-refractivity contribution < 1.29 is 19.2 Å². The van der Waals surface area contributed by atoms with Crippen LogP contribution in [-0.4, -0.2) is 33.7 Å². The van der Waals surface area contributed by atoms with Gasteiger partial charge in [-0.15, -0.1) is 0 Å². The lowest BCUT2D eigenvalue weighted by Gasteiger charge is -2.01. The van der Waals surface area contributed by atoms with Crippen molar-refractivity contribution in [3.63, 3.8) is 0 Å². The second-order valence-electron chi connectivity index (χ2n) is 5.35. The molecule has 7 nitrogen and oxygen atoms in total. The Morgan fingerprint density at radius 3 is 2.70 bits per heavy atom. The SMILES string of the molecule is O=C(O)[C@H]1C[C@H]1C(=O)NCCc1nc(-c2ccc(Cl)cc2)no1. The van der Waals surface area contributed by atoms with Gasteiger partial charge in [-0.3, -0.25) is 9.59 Å². The Kier molecular flexibility index (Phi) is 4.29. The number of nitrogens with one attached hydrogen (secondary N) is 1. The Labute approximate surface area is 136 Å². The molecule has 1 aromatic heterocycles. The molecule has 0 spiro atoms. The number of halogens is 1. The van der Waals surface area contributed by atoms with Gasteiger partial charge in [0, 0.05) is 23.6 Å². The Morgan fingerprint density at radius 2 is 2.04 bits per heavy atom. The standard InChI is InChI=1S/C15H14ClN3O4/c16-9-3-1-8(2-4-9)13-18-12(23-19-13)5-6-17-14(20)10-7-11(10)15(21)22/h1-4,10-11H,5-7H2,(H,17,20)(H,21,22)/t10-,11+/m1/s1. The van der Waals surface area contributed by atoms with Crippen LogP contribution in [0.5, 0.6) is 0 Å². The first-order valence-electron chi connectivity index (χ1n) is 7.13. The minimum absolute atomic E-state index is 0.241. The maximum Gasteiger partial charge on any atom is 0.307 e. The zero-order valence-electron chi connectivity index (χ0n) is 12.0. The van der Waals surface area contributed by atoms with Gasteiger partial charge in [0.25, 0.3) is 0 Å². The highest BCUT2D eigenvalue weighted by atomic mass is 35.5. The van der Waals surface area contributed by atoms with Crippen LogP contribution in [0.1, 0.15) is 12.3 Å². The predicted molar refractivity (Wildman–Crippen MR) is 80.7 cm³/mol. The van der Waals surface area contributed by atoms with E-state index in [0.29, 0.717) is 36.1 Å². The molecule has 3 rings (SSSR count). The van der Waals surface area contributed by atoms with Crippen LogP contribution >= 0.6 is 11.6 Å². The van der Waals surface area contributed by atoms with Crippen molar-refractivity contribution in [2.45, 2.75) is 12.8 Å². The maximum atomic E-state index is 11.7. The first kappa shape index (κ1) is 15.5. The highest BCUT2D eigenvalue weighted by molar-refractivity contribution is 6.30. The van der Waals surface area contributed by atoms with Gasteiger partial charge in [0.15, 0.2) is 0 Å². The molecule has 8 heteroatoms. The fourth-order valence-electron chi connectivity index (χ4n) is 2.25. The molecule has 0 aliphatic heterocycles. The third-order valence-corrected chi connectivity index (χ3v) is 3.90. The van der Waals surface area contributed by atoms with Crippen molar-refractivity contribution in [3.05, 3.63) is 35.2 Å². The lowest BCUT2D eigenvalue weighted by Crippen LogP contribution is -2.28. The van der Waals surface area contributed by atoms with E-state index in [1.807, 2.05) is 0 Å². The van der Waals surface area contributed by atoms with E-state index in [0.717, 1.165) is 5.56 Å². The van der Waals surface area contributed by atoms with Gasteiger partial charge in [0.2, 0.25) is 17.6 Å². The number of nitrogens with zero attached hydrogens (tertiary/aromatic N) is 2. The molecule has 0 unspecified atom stereocenters. The zero-order chi connectivity index (χ0) is 16.4. The number of carbonyl (C=O) groups excluding carboxylic acids is 1. The van der Waals surface area contributed by atoms with Gasteiger partial charge < -0.3 is 14.9 Å². The summed E-state index contributed by atoms with van der Waals surface area (Å²) in [4.78, 5) is 26.7. The number of carboxylic acids is 1. The molecule has 0 radical (unpaired) electrons. The number of hydrogen-bond acceptors (Lipinski definition) is 5. The van der Waals surface area contributed by atoms with Gasteiger partial charge in [0.05, 0.1) is 11.8 Å². The number of hydrogen-bond donors (Lipinski definition) is 2. The molecular weight excluding hydrogens is 322 g/mol. The third kappa shape index (κ3) is 3.68. The van der Waals surface area contributed by atoms with E-state index >= 15 is 0 Å². The summed E-state index contributed by atoms with van der Waals surface area (Å²) in [6.07, 6.45) is 0.791. The highest BCUT2D eigenvalue weighted by Crippen LogP contribution is 2.38. The van der Waals surface area contributed by atoms with E-state index in [1.54, 1.807) is 24.3 Å². The summed E-state index contributed by atoms with van der Waals surface area (Å²) in [5.41, 5.74) is 0.788. The minimum Gasteiger partial charge on any atom is -0.481 e. The van der Waals surface area contributed by atoms with Gasteiger partial charge in [0.1, 0.15) is 0 Å². The van der Waals surface area contributed by atoms with Crippen LogP contribution in [0.3, 0.4) is 0 Å². The first-order valence-corrected chi connectivity index (χ1v) is 7.51. The summed E-state index contributed by atoms with van der Waals surface area (Å²) in [6, 6.07) is 7.05. The zero-order valence-corrected chi connectivity index (χ0v) is 12.8. The van der Waals surface area contributed by atoms with Crippen molar-refractivity contribution in [1.82, 2.24) is 15.5 Å². The lowest BCUT2D eigenvalue weighted by atomic mass is 10.2. The van der Waals surface area contributed by atoms with Crippen molar-refractivity contribution in [3.8, 4) is 11.4 Å². The number of carboxylic acid groups (broad SMARTS) is 1. The molecule has 1 aromatic carbocycles. The van der Waals surface area contributed by atoms with Crippen LogP contribution in [-0.2, 0) is 16.0 Å². The normalized spacial score (nSPS) is 19.3. The second-order valence-corrected chi connectivity index (χ2v) is 5.78. The monoisotopic (exact) mass is 335 g/mol. The molecule has 2 atom stereocenters. The van der Waals surface area contributed by atoms with Crippen molar-refractivity contribution in [2.24, 2.45) is 11.8 Å². The number of aromatic nitrogens is 2. The first-order chi connectivity index (χ1) is 11.0. The minimum atomic E-state index is -0.922. The number of aliphatic carboxylic acids is 1. The van der Waals surface area contributed by atoms with E-state index in [4.69, 9.17) is 21.2 Å². The summed E-state index contributed by atoms with van der Waals surface area (Å²) in [5, 5.41) is 16.0. The molecule has 120 valence electrons. The Balaban J connectivity index is 1.49. The average molecular weight is 336 g/mol. The second kappa shape index (κ2) is 6.37. The highest BCUT2D eigenvalue weighted by Gasteiger charge is 2.48. The Morgan fingerprint density at radius 1 is 1.30 bits per heavy atom. The Bertz CT molecular complexity index is 729. The van der Waals surface area contributed by atoms with Crippen molar-refractivity contribution in [2.75, 3.05) is 6.54 Å². The average Bonchev–Trinajstić information content (AvgIpc) is 3.21. The molecule has 0 saturated heterocycles. The molecule has 1 fully saturated rings. The Hall–Kier alpha value is -2.41. The summed E-state index contributed by atoms with van der Waals surface area (Å²) in [5.74, 6) is -1.27. The van der Waals surface area contributed by atoms with Gasteiger partial charge in [-0.1, -0.05) is 16.8 Å². The van der Waals surface area contributed by atoms with E-state index in [9.17, 15) is 9.59 Å². The number of benzene rings is 1. The molecule has 2 aromatic rings. The number of amides is 1. The smallest absolute Gasteiger partial charge is 0.307 e. The predicted octanol–water partition coefficient (Wildman–Crippen LogP) is 1.77. The lowest BCUT2D eigenvalue weighted by molar-refractivity contribution is -0.140. The van der Waals surface area contributed by atoms with Crippen LogP contribution < -0.4 is 5.32 Å². The topological polar surface area (TPSA) is 105 Å². The van der Waals surface area contributed by atoms with E-state index in [1.165, 1.54) is 0 Å². The van der Waals surface area contributed by atoms with Crippen molar-refractivity contribution >= 4 is 23.5 Å². The van der Waals surface area contributed by atoms with Gasteiger partial charge in [-0.05, 0) is 30.7 Å². The molecule has 0 bridgehead atoms. The summed E-state index contributed by atoms with van der Waals surface area (Å²) in [7, 11) is 0. The van der Waals surface area contributed by atoms with Gasteiger partial charge in [-0.2, -0.15) is 4.98 Å². The summed E-state index contributed by atoms with van der Waals surface area (Å²) in [6.45, 7) is 0.323. The third-order valence-electron chi connectivity index (χ3n) is 3.65. The van der Waals surface area contributed by atoms with Crippen LogP contribution in [0, 0.1) is 11.8 Å². The molecule has 1 heterocycles. The molecule has 1 aliphatic rings. The van der Waals surface area contributed by atoms with Crippen LogP contribution in [0.2, 0.25) is 5.02 Å².